The predicted octanol–water partition coefficient (Wildman–Crippen LogP) is 1.57. The Morgan fingerprint density at radius 1 is 0.833 bits per heavy atom. The Balaban J connectivity index is 0.000000713. The van der Waals surface area contributed by atoms with E-state index in [4.69, 9.17) is 65.8 Å². The summed E-state index contributed by atoms with van der Waals surface area (Å²) in [5, 5.41) is 22.4. The van der Waals surface area contributed by atoms with E-state index in [1.54, 1.807) is 34.9 Å². The molecule has 0 radical (unpaired) electrons. The normalized spacial score (nSPS) is 13.3. The number of aryl methyl sites for hydroxylation is 3. The summed E-state index contributed by atoms with van der Waals surface area (Å²) in [6.07, 6.45) is 11.1. The van der Waals surface area contributed by atoms with E-state index in [1.807, 2.05) is 116 Å². The minimum Gasteiger partial charge on any atom is -1.00 e. The van der Waals surface area contributed by atoms with Gasteiger partial charge in [-0.3, -0.25) is 24.1 Å². The topological polar surface area (TPSA) is 129 Å². The van der Waals surface area contributed by atoms with Crippen molar-refractivity contribution in [1.82, 2.24) is 29.5 Å². The number of hydrogen-bond donors (Lipinski definition) is 0. The molecule has 18 heteroatoms. The minimum absolute atomic E-state index is 0. The van der Waals surface area contributed by atoms with Crippen molar-refractivity contribution in [2.75, 3.05) is 0 Å². The van der Waals surface area contributed by atoms with Gasteiger partial charge in [0.25, 0.3) is 6.47 Å². The molecule has 0 bridgehead atoms. The molecule has 54 heavy (non-hydrogen) atoms. The average Bonchev–Trinajstić information content (AvgIpc) is 3.78. The Morgan fingerprint density at radius 3 is 1.74 bits per heavy atom. The van der Waals surface area contributed by atoms with Crippen LogP contribution < -0.4 is 113 Å². The number of halogens is 4. The van der Waals surface area contributed by atoms with Crippen molar-refractivity contribution in [1.29, 1.82) is 0 Å². The van der Waals surface area contributed by atoms with Crippen molar-refractivity contribution >= 4 is 87.0 Å². The number of fused-ring (bicyclic) bond motifs is 2. The number of carbonyl (C=O) groups is 1. The molecule has 0 atom stereocenters. The molecule has 11 nitrogen and oxygen atoms in total. The number of hydrogen-bond acceptors (Lipinski definition) is 9. The van der Waals surface area contributed by atoms with Gasteiger partial charge in [-0.05, 0) is 76.6 Å². The maximum Gasteiger partial charge on any atom is 1.00 e. The van der Waals surface area contributed by atoms with Crippen LogP contribution in [-0.4, -0.2) is 59.2 Å². The Kier molecular flexibility index (Phi) is 23.3. The van der Waals surface area contributed by atoms with Crippen molar-refractivity contribution < 1.29 is 128 Å². The summed E-state index contributed by atoms with van der Waals surface area (Å²) in [6.45, 7) is 11.7. The molecule has 278 valence electrons. The zero-order valence-corrected chi connectivity index (χ0v) is 41.3. The zero-order chi connectivity index (χ0) is 38.6. The van der Waals surface area contributed by atoms with Gasteiger partial charge in [0, 0.05) is 82.6 Å². The number of alkyl halides is 2. The van der Waals surface area contributed by atoms with Crippen molar-refractivity contribution in [2.24, 2.45) is 14.1 Å². The number of pyridine rings is 2. The number of rotatable bonds is 3. The smallest absolute Gasteiger partial charge is 1.00 e. The van der Waals surface area contributed by atoms with Crippen molar-refractivity contribution in [3.05, 3.63) is 101 Å². The van der Waals surface area contributed by atoms with Gasteiger partial charge in [0.2, 0.25) is 0 Å². The van der Waals surface area contributed by atoms with E-state index in [0.717, 1.165) is 54.0 Å². The van der Waals surface area contributed by atoms with E-state index in [0.29, 0.717) is 0 Å². The summed E-state index contributed by atoms with van der Waals surface area (Å²) in [5.74, 6) is 0. The van der Waals surface area contributed by atoms with Gasteiger partial charge < -0.3 is 20.9 Å². The molecule has 6 aromatic rings. The molecule has 0 unspecified atom stereocenters. The third kappa shape index (κ3) is 15.7. The van der Waals surface area contributed by atoms with Crippen LogP contribution in [0.4, 0.5) is 0 Å². The Morgan fingerprint density at radius 2 is 1.30 bits per heavy atom. The van der Waals surface area contributed by atoms with Gasteiger partial charge >= 0.3 is 110 Å². The molecule has 0 saturated carbocycles. The first-order valence-corrected chi connectivity index (χ1v) is 17.5. The maximum absolute atomic E-state index is 8.64. The van der Waals surface area contributed by atoms with E-state index in [-0.39, 0.29) is 134 Å². The molecule has 5 heterocycles. The summed E-state index contributed by atoms with van der Waals surface area (Å²) in [6, 6.07) is 15.8. The molecule has 1 fully saturated rings. The monoisotopic (exact) mass is 866 g/mol. The van der Waals surface area contributed by atoms with Gasteiger partial charge in [-0.1, -0.05) is 47.5 Å². The SMILES string of the molecule is CC(Cl)Cl.Cc1cc2cccc(Cl)c2cn1.Cn1cc(-c2cc3cccc(Cl)c3cn2)cn1.Cn1cc(B2OC(C)(C)C(C)(C)O2)cn1.O=CO[O-].[H-].[K+].[K+]. The molecule has 4 aromatic heterocycles. The molecular weight excluding hydrogens is 827 g/mol. The number of aromatic nitrogens is 6. The molecule has 1 aliphatic rings. The quantitative estimate of drug-likeness (QED) is 0.0857. The average molecular weight is 869 g/mol. The third-order valence-corrected chi connectivity index (χ3v) is 8.51. The fourth-order valence-corrected chi connectivity index (χ4v) is 5.09. The van der Waals surface area contributed by atoms with Crippen molar-refractivity contribution in [3.8, 4) is 11.3 Å². The van der Waals surface area contributed by atoms with Gasteiger partial charge in [0.1, 0.15) is 4.84 Å². The second-order valence-electron chi connectivity index (χ2n) is 12.5. The molecule has 0 aliphatic carbocycles. The van der Waals surface area contributed by atoms with Crippen LogP contribution in [0.1, 0.15) is 41.7 Å². The third-order valence-electron chi connectivity index (χ3n) is 7.85. The fraction of sp³-hybridized carbons (Fsp3) is 0.306. The summed E-state index contributed by atoms with van der Waals surface area (Å²) < 4.78 is 15.3. The predicted molar refractivity (Wildman–Crippen MR) is 209 cm³/mol. The Hall–Kier alpha value is -0.472. The first kappa shape index (κ1) is 51.5. The van der Waals surface area contributed by atoms with Crippen molar-refractivity contribution in [3.63, 3.8) is 0 Å². The van der Waals surface area contributed by atoms with Gasteiger partial charge in [0.05, 0.1) is 23.1 Å². The minimum atomic E-state index is -0.302. The van der Waals surface area contributed by atoms with E-state index in [1.165, 1.54) is 0 Å². The van der Waals surface area contributed by atoms with Crippen molar-refractivity contribution in [2.45, 2.75) is 57.6 Å². The van der Waals surface area contributed by atoms with Crippen LogP contribution in [-0.2, 0) is 33.1 Å². The fourth-order valence-electron chi connectivity index (χ4n) is 4.63. The summed E-state index contributed by atoms with van der Waals surface area (Å²) in [7, 11) is 3.47. The van der Waals surface area contributed by atoms with Crippen LogP contribution in [0.5, 0.6) is 0 Å². The van der Waals surface area contributed by atoms with E-state index < -0.39 is 0 Å². The Bertz CT molecular complexity index is 2060. The van der Waals surface area contributed by atoms with Crippen LogP contribution >= 0.6 is 46.4 Å². The molecule has 7 rings (SSSR count). The second kappa shape index (κ2) is 24.4. The van der Waals surface area contributed by atoms with E-state index in [9.17, 15) is 0 Å². The second-order valence-corrected chi connectivity index (χ2v) is 14.8. The molecule has 0 amide bonds. The van der Waals surface area contributed by atoms with Gasteiger partial charge in [-0.2, -0.15) is 10.2 Å². The van der Waals surface area contributed by atoms with Crippen LogP contribution in [0.15, 0.2) is 85.7 Å². The molecule has 0 spiro atoms. The standard InChI is InChI=1S/C13H10ClN3.C10H17BN2O2.C10H8ClN.C2H4Cl2.CH2O3.2K.H/c1-17-8-10(6-16-17)13-5-9-3-2-4-12(14)11(9)7-15-13;1-9(2)10(3,4)15-11(14-9)8-6-12-13(5)7-8;1-7-5-8-3-2-4-10(11)9(8)6-12-7;1-2(3)4;2-1-4-3;;;/h2-8H,1H3;6-7H,1-5H3;2-6H,1H3;2H,1H3;1,3H;;;/q;;;;;2*+1;-1/p-1. The van der Waals surface area contributed by atoms with Gasteiger partial charge in [0.15, 0.2) is 0 Å². The zero-order valence-electron chi connectivity index (χ0n) is 33.1. The summed E-state index contributed by atoms with van der Waals surface area (Å²) >= 11 is 22.2. The van der Waals surface area contributed by atoms with Crippen LogP contribution in [0.25, 0.3) is 32.8 Å². The summed E-state index contributed by atoms with van der Waals surface area (Å²) in [4.78, 5) is 19.6. The largest absolute Gasteiger partial charge is 1.00 e. The number of benzene rings is 2. The molecule has 0 N–H and O–H groups in total. The van der Waals surface area contributed by atoms with E-state index >= 15 is 0 Å². The van der Waals surface area contributed by atoms with Gasteiger partial charge in [-0.25, -0.2) is 0 Å². The van der Waals surface area contributed by atoms with E-state index in [2.05, 4.69) is 25.1 Å². The summed E-state index contributed by atoms with van der Waals surface area (Å²) in [5.41, 5.74) is 3.34. The first-order valence-electron chi connectivity index (χ1n) is 15.9. The van der Waals surface area contributed by atoms with Gasteiger partial charge in [-0.15, -0.1) is 23.2 Å². The number of carbonyl (C=O) groups excluding carboxylic acids is 1. The van der Waals surface area contributed by atoms with Crippen LogP contribution in [0, 0.1) is 6.92 Å². The van der Waals surface area contributed by atoms with Crippen LogP contribution in [0.2, 0.25) is 10.0 Å². The molecule has 1 saturated heterocycles. The Labute approximate surface area is 423 Å². The molecular formula is C36H41BCl4K2N6O5. The number of nitrogens with zero attached hydrogens (tertiary/aromatic N) is 6. The molecule has 2 aromatic carbocycles. The molecule has 1 aliphatic heterocycles. The first-order chi connectivity index (χ1) is 24.5. The maximum atomic E-state index is 8.64. The van der Waals surface area contributed by atoms with Crippen LogP contribution in [0.3, 0.4) is 0 Å².